The van der Waals surface area contributed by atoms with Crippen LogP contribution in [0.25, 0.3) is 0 Å². The van der Waals surface area contributed by atoms with E-state index in [-0.39, 0.29) is 6.04 Å². The van der Waals surface area contributed by atoms with E-state index in [9.17, 15) is 9.90 Å². The van der Waals surface area contributed by atoms with E-state index in [2.05, 4.69) is 0 Å². The van der Waals surface area contributed by atoms with Gasteiger partial charge in [-0.2, -0.15) is 0 Å². The normalized spacial score (nSPS) is 14.4. The number of carbonyl (C=O) groups is 1. The lowest BCUT2D eigenvalue weighted by atomic mass is 10.1. The van der Waals surface area contributed by atoms with Crippen LogP contribution < -0.4 is 0 Å². The molecule has 0 amide bonds. The molecule has 0 spiro atoms. The number of hydrogen-bond acceptors (Lipinski definition) is 4. The minimum atomic E-state index is -0.700. The average molecular weight is 203 g/mol. The van der Waals surface area contributed by atoms with Crippen molar-refractivity contribution in [1.29, 1.82) is 0 Å². The second kappa shape index (κ2) is 6.11. The smallest absolute Gasteiger partial charge is 0.139 e. The third-order valence-electron chi connectivity index (χ3n) is 1.97. The summed E-state index contributed by atoms with van der Waals surface area (Å²) in [4.78, 5) is 12.4. The Kier molecular flexibility index (Phi) is 5.92. The van der Waals surface area contributed by atoms with Gasteiger partial charge in [0.1, 0.15) is 6.29 Å². The topological polar surface area (TPSA) is 49.8 Å². The zero-order valence-electron chi connectivity index (χ0n) is 9.49. The van der Waals surface area contributed by atoms with Gasteiger partial charge in [0.05, 0.1) is 18.2 Å². The Morgan fingerprint density at radius 2 is 2.07 bits per heavy atom. The number of likely N-dealkylation sites (N-methyl/N-ethyl adjacent to an activating group) is 1. The lowest BCUT2D eigenvalue weighted by Gasteiger charge is -2.20. The molecule has 4 heteroatoms. The Balaban J connectivity index is 3.57. The predicted molar refractivity (Wildman–Crippen MR) is 55.3 cm³/mol. The molecule has 0 saturated carbocycles. The Morgan fingerprint density at radius 3 is 2.43 bits per heavy atom. The van der Waals surface area contributed by atoms with Crippen LogP contribution >= 0.6 is 0 Å². The van der Waals surface area contributed by atoms with Crippen molar-refractivity contribution in [2.75, 3.05) is 27.3 Å². The van der Waals surface area contributed by atoms with E-state index in [0.29, 0.717) is 19.6 Å². The van der Waals surface area contributed by atoms with Crippen molar-refractivity contribution < 1.29 is 14.6 Å². The van der Waals surface area contributed by atoms with Crippen LogP contribution in [0.5, 0.6) is 0 Å². The largest absolute Gasteiger partial charge is 0.390 e. The van der Waals surface area contributed by atoms with Gasteiger partial charge >= 0.3 is 0 Å². The highest BCUT2D eigenvalue weighted by atomic mass is 16.5. The maximum Gasteiger partial charge on any atom is 0.139 e. The molecule has 0 heterocycles. The highest BCUT2D eigenvalue weighted by Gasteiger charge is 2.13. The highest BCUT2D eigenvalue weighted by Crippen LogP contribution is 2.06. The molecule has 0 saturated heterocycles. The molecule has 0 fully saturated rings. The first kappa shape index (κ1) is 13.5. The summed E-state index contributed by atoms with van der Waals surface area (Å²) in [5, 5.41) is 9.39. The maximum absolute atomic E-state index is 10.6. The van der Waals surface area contributed by atoms with E-state index >= 15 is 0 Å². The summed E-state index contributed by atoms with van der Waals surface area (Å²) in [7, 11) is 3.66. The van der Waals surface area contributed by atoms with E-state index in [4.69, 9.17) is 4.74 Å². The lowest BCUT2D eigenvalue weighted by Crippen LogP contribution is -2.34. The van der Waals surface area contributed by atoms with Crippen molar-refractivity contribution in [3.8, 4) is 0 Å². The molecule has 0 aromatic carbocycles. The van der Waals surface area contributed by atoms with Gasteiger partial charge in [0.15, 0.2) is 0 Å². The van der Waals surface area contributed by atoms with Crippen molar-refractivity contribution in [2.45, 2.75) is 31.9 Å². The van der Waals surface area contributed by atoms with Crippen molar-refractivity contribution in [3.05, 3.63) is 0 Å². The summed E-state index contributed by atoms with van der Waals surface area (Å²) in [6.07, 6.45) is 1.44. The lowest BCUT2D eigenvalue weighted by molar-refractivity contribution is -0.113. The standard InChI is InChI=1S/C10H21NO3/c1-10(2,13)5-6-14-8-9(7-12)11(3)4/h7,9,13H,5-6,8H2,1-4H3/t9-/m1/s1. The fraction of sp³-hybridized carbons (Fsp3) is 0.900. The molecule has 4 nitrogen and oxygen atoms in total. The Hall–Kier alpha value is -0.450. The molecule has 0 aliphatic carbocycles. The average Bonchev–Trinajstić information content (AvgIpc) is 2.01. The fourth-order valence-electron chi connectivity index (χ4n) is 0.836. The van der Waals surface area contributed by atoms with Gasteiger partial charge in [0, 0.05) is 6.61 Å². The summed E-state index contributed by atoms with van der Waals surface area (Å²) in [5.41, 5.74) is -0.700. The van der Waals surface area contributed by atoms with Gasteiger partial charge in [-0.3, -0.25) is 4.90 Å². The molecule has 1 atom stereocenters. The van der Waals surface area contributed by atoms with Crippen molar-refractivity contribution in [1.82, 2.24) is 4.90 Å². The molecule has 1 N–H and O–H groups in total. The molecule has 84 valence electrons. The highest BCUT2D eigenvalue weighted by molar-refractivity contribution is 5.57. The van der Waals surface area contributed by atoms with E-state index in [1.807, 2.05) is 14.1 Å². The molecule has 0 rings (SSSR count). The van der Waals surface area contributed by atoms with Crippen molar-refractivity contribution >= 4 is 6.29 Å². The van der Waals surface area contributed by atoms with Crippen LogP contribution in [0.4, 0.5) is 0 Å². The number of aliphatic hydroxyl groups is 1. The zero-order valence-corrected chi connectivity index (χ0v) is 9.49. The van der Waals surface area contributed by atoms with Gasteiger partial charge in [-0.1, -0.05) is 0 Å². The third kappa shape index (κ3) is 7.00. The van der Waals surface area contributed by atoms with Gasteiger partial charge in [0.2, 0.25) is 0 Å². The van der Waals surface area contributed by atoms with Crippen molar-refractivity contribution in [3.63, 3.8) is 0 Å². The van der Waals surface area contributed by atoms with Gasteiger partial charge in [-0.05, 0) is 34.4 Å². The van der Waals surface area contributed by atoms with Crippen LogP contribution in [0.15, 0.2) is 0 Å². The molecule has 0 bridgehead atoms. The molecule has 0 aromatic heterocycles. The fourth-order valence-corrected chi connectivity index (χ4v) is 0.836. The number of hydrogen-bond donors (Lipinski definition) is 1. The number of nitrogens with zero attached hydrogens (tertiary/aromatic N) is 1. The van der Waals surface area contributed by atoms with E-state index < -0.39 is 5.60 Å². The number of aldehydes is 1. The first-order chi connectivity index (χ1) is 6.37. The summed E-state index contributed by atoms with van der Waals surface area (Å²) in [6, 6.07) is -0.197. The predicted octanol–water partition coefficient (Wildman–Crippen LogP) is 0.293. The minimum Gasteiger partial charge on any atom is -0.390 e. The number of ether oxygens (including phenoxy) is 1. The quantitative estimate of drug-likeness (QED) is 0.477. The molecule has 0 unspecified atom stereocenters. The van der Waals surface area contributed by atoms with Gasteiger partial charge in [0.25, 0.3) is 0 Å². The summed E-state index contributed by atoms with van der Waals surface area (Å²) < 4.78 is 5.29. The van der Waals surface area contributed by atoms with E-state index in [0.717, 1.165) is 6.29 Å². The second-order valence-corrected chi connectivity index (χ2v) is 4.30. The molecular formula is C10H21NO3. The minimum absolute atomic E-state index is 0.197. The summed E-state index contributed by atoms with van der Waals surface area (Å²) >= 11 is 0. The van der Waals surface area contributed by atoms with E-state index in [1.54, 1.807) is 18.7 Å². The van der Waals surface area contributed by atoms with Crippen molar-refractivity contribution in [2.24, 2.45) is 0 Å². The maximum atomic E-state index is 10.6. The SMILES string of the molecule is CN(C)[C@H](C=O)COCCC(C)(C)O. The molecule has 0 aliphatic heterocycles. The van der Waals surface area contributed by atoms with Crippen LogP contribution in [-0.4, -0.2) is 55.2 Å². The van der Waals surface area contributed by atoms with Gasteiger partial charge in [-0.25, -0.2) is 0 Å². The van der Waals surface area contributed by atoms with Crippen LogP contribution in [-0.2, 0) is 9.53 Å². The zero-order chi connectivity index (χ0) is 11.2. The van der Waals surface area contributed by atoms with E-state index in [1.165, 1.54) is 0 Å². The number of rotatable bonds is 7. The number of carbonyl (C=O) groups excluding carboxylic acids is 1. The van der Waals surface area contributed by atoms with Gasteiger partial charge in [-0.15, -0.1) is 0 Å². The monoisotopic (exact) mass is 203 g/mol. The summed E-state index contributed by atoms with van der Waals surface area (Å²) in [5.74, 6) is 0. The molecule has 0 aliphatic rings. The third-order valence-corrected chi connectivity index (χ3v) is 1.97. The van der Waals surface area contributed by atoms with Gasteiger partial charge < -0.3 is 14.6 Å². The first-order valence-corrected chi connectivity index (χ1v) is 4.78. The Morgan fingerprint density at radius 1 is 1.50 bits per heavy atom. The molecular weight excluding hydrogens is 182 g/mol. The Labute approximate surface area is 85.9 Å². The van der Waals surface area contributed by atoms with Crippen LogP contribution in [0, 0.1) is 0 Å². The molecule has 0 radical (unpaired) electrons. The van der Waals surface area contributed by atoms with Crippen LogP contribution in [0.2, 0.25) is 0 Å². The Bertz CT molecular complexity index is 163. The summed E-state index contributed by atoms with van der Waals surface area (Å²) in [6.45, 7) is 4.33. The second-order valence-electron chi connectivity index (χ2n) is 4.30. The van der Waals surface area contributed by atoms with Crippen LogP contribution in [0.3, 0.4) is 0 Å². The van der Waals surface area contributed by atoms with Crippen LogP contribution in [0.1, 0.15) is 20.3 Å². The first-order valence-electron chi connectivity index (χ1n) is 4.78. The molecule has 0 aromatic rings. The molecule has 14 heavy (non-hydrogen) atoms.